The first-order valence-electron chi connectivity index (χ1n) is 7.41. The molecule has 0 aromatic heterocycles. The first-order valence-corrected chi connectivity index (χ1v) is 7.79. The molecule has 2 aromatic carbocycles. The second kappa shape index (κ2) is 7.84. The van der Waals surface area contributed by atoms with Crippen LogP contribution in [-0.4, -0.2) is 36.9 Å². The smallest absolute Gasteiger partial charge is 0.265 e. The van der Waals surface area contributed by atoms with Crippen LogP contribution in [0.5, 0.6) is 5.75 Å². The lowest BCUT2D eigenvalue weighted by Crippen LogP contribution is -2.30. The Bertz CT molecular complexity index is 712. The molecule has 5 nitrogen and oxygen atoms in total. The van der Waals surface area contributed by atoms with Gasteiger partial charge in [0.05, 0.1) is 0 Å². The Morgan fingerprint density at radius 3 is 2.17 bits per heavy atom. The summed E-state index contributed by atoms with van der Waals surface area (Å²) in [6, 6.07) is 13.5. The lowest BCUT2D eigenvalue weighted by Gasteiger charge is -2.15. The van der Waals surface area contributed by atoms with Crippen LogP contribution in [0.1, 0.15) is 17.3 Å². The molecule has 0 heterocycles. The van der Waals surface area contributed by atoms with Crippen molar-refractivity contribution >= 4 is 29.1 Å². The number of carbonyl (C=O) groups excluding carboxylic acids is 2. The summed E-state index contributed by atoms with van der Waals surface area (Å²) in [7, 11) is 3.38. The number of ether oxygens (including phenoxy) is 1. The fourth-order valence-electron chi connectivity index (χ4n) is 1.97. The molecule has 6 heteroatoms. The van der Waals surface area contributed by atoms with Gasteiger partial charge in [-0.3, -0.25) is 9.59 Å². The van der Waals surface area contributed by atoms with Gasteiger partial charge in [-0.2, -0.15) is 0 Å². The third-order valence-corrected chi connectivity index (χ3v) is 3.55. The predicted octanol–water partition coefficient (Wildman–Crippen LogP) is 3.45. The molecule has 2 rings (SSSR count). The fourth-order valence-corrected chi connectivity index (χ4v) is 2.10. The largest absolute Gasteiger partial charge is 0.481 e. The van der Waals surface area contributed by atoms with E-state index in [0.29, 0.717) is 22.0 Å². The molecule has 0 bridgehead atoms. The molecular formula is C18H19ClN2O3. The van der Waals surface area contributed by atoms with Gasteiger partial charge in [-0.25, -0.2) is 0 Å². The van der Waals surface area contributed by atoms with Crippen LogP contribution in [0.25, 0.3) is 0 Å². The van der Waals surface area contributed by atoms with Crippen LogP contribution in [0.15, 0.2) is 48.5 Å². The average molecular weight is 347 g/mol. The molecule has 0 saturated heterocycles. The minimum atomic E-state index is -0.672. The van der Waals surface area contributed by atoms with Crippen LogP contribution in [0.2, 0.25) is 5.02 Å². The van der Waals surface area contributed by atoms with Gasteiger partial charge < -0.3 is 15.0 Å². The zero-order valence-electron chi connectivity index (χ0n) is 13.7. The van der Waals surface area contributed by atoms with Crippen molar-refractivity contribution in [2.45, 2.75) is 13.0 Å². The van der Waals surface area contributed by atoms with E-state index in [-0.39, 0.29) is 11.8 Å². The average Bonchev–Trinajstić information content (AvgIpc) is 2.56. The van der Waals surface area contributed by atoms with Crippen LogP contribution in [-0.2, 0) is 4.79 Å². The van der Waals surface area contributed by atoms with E-state index >= 15 is 0 Å². The van der Waals surface area contributed by atoms with Crippen molar-refractivity contribution in [3.63, 3.8) is 0 Å². The minimum absolute atomic E-state index is 0.0904. The third kappa shape index (κ3) is 4.73. The topological polar surface area (TPSA) is 58.6 Å². The van der Waals surface area contributed by atoms with Crippen LogP contribution < -0.4 is 10.1 Å². The first kappa shape index (κ1) is 17.8. The molecule has 2 aromatic rings. The zero-order chi connectivity index (χ0) is 17.7. The Kier molecular flexibility index (Phi) is 5.82. The number of anilines is 1. The Labute approximate surface area is 146 Å². The number of halogens is 1. The summed E-state index contributed by atoms with van der Waals surface area (Å²) in [5, 5.41) is 3.36. The van der Waals surface area contributed by atoms with E-state index in [9.17, 15) is 9.59 Å². The van der Waals surface area contributed by atoms with Crippen molar-refractivity contribution in [3.05, 3.63) is 59.1 Å². The van der Waals surface area contributed by atoms with Crippen LogP contribution in [0.4, 0.5) is 5.69 Å². The highest BCUT2D eigenvalue weighted by Crippen LogP contribution is 2.17. The molecule has 2 amide bonds. The summed E-state index contributed by atoms with van der Waals surface area (Å²) >= 11 is 5.81. The number of benzene rings is 2. The van der Waals surface area contributed by atoms with Gasteiger partial charge in [-0.15, -0.1) is 0 Å². The summed E-state index contributed by atoms with van der Waals surface area (Å²) in [5.74, 6) is 0.193. The second-order valence-electron chi connectivity index (χ2n) is 5.48. The van der Waals surface area contributed by atoms with Crippen LogP contribution in [0, 0.1) is 0 Å². The SMILES string of the molecule is C[C@H](Oc1ccc(Cl)cc1)C(=O)Nc1ccc(C(=O)N(C)C)cc1. The van der Waals surface area contributed by atoms with Gasteiger partial charge in [0.15, 0.2) is 6.10 Å². The predicted molar refractivity (Wildman–Crippen MR) is 94.6 cm³/mol. The monoisotopic (exact) mass is 346 g/mol. The van der Waals surface area contributed by atoms with E-state index in [1.165, 1.54) is 4.90 Å². The summed E-state index contributed by atoms with van der Waals surface area (Å²) in [4.78, 5) is 25.5. The number of nitrogens with zero attached hydrogens (tertiary/aromatic N) is 1. The Morgan fingerprint density at radius 2 is 1.62 bits per heavy atom. The van der Waals surface area contributed by atoms with Crippen LogP contribution >= 0.6 is 11.6 Å². The summed E-state index contributed by atoms with van der Waals surface area (Å²) in [6.45, 7) is 1.66. The van der Waals surface area contributed by atoms with Gasteiger partial charge >= 0.3 is 0 Å². The highest BCUT2D eigenvalue weighted by atomic mass is 35.5. The quantitative estimate of drug-likeness (QED) is 0.902. The number of hydrogen-bond donors (Lipinski definition) is 1. The van der Waals surface area contributed by atoms with Crippen molar-refractivity contribution in [1.82, 2.24) is 4.90 Å². The number of amides is 2. The Morgan fingerprint density at radius 1 is 1.04 bits per heavy atom. The van der Waals surface area contributed by atoms with Crippen molar-refractivity contribution in [3.8, 4) is 5.75 Å². The molecule has 1 atom stereocenters. The van der Waals surface area contributed by atoms with Gasteiger partial charge in [0.1, 0.15) is 5.75 Å². The molecule has 1 N–H and O–H groups in total. The van der Waals surface area contributed by atoms with Crippen molar-refractivity contribution in [1.29, 1.82) is 0 Å². The number of nitrogens with one attached hydrogen (secondary N) is 1. The Hall–Kier alpha value is -2.53. The number of rotatable bonds is 5. The van der Waals surface area contributed by atoms with Crippen molar-refractivity contribution in [2.75, 3.05) is 19.4 Å². The van der Waals surface area contributed by atoms with Crippen molar-refractivity contribution < 1.29 is 14.3 Å². The van der Waals surface area contributed by atoms with Gasteiger partial charge in [0.2, 0.25) is 0 Å². The van der Waals surface area contributed by atoms with E-state index in [0.717, 1.165) is 0 Å². The highest BCUT2D eigenvalue weighted by molar-refractivity contribution is 6.30. The standard InChI is InChI=1S/C18H19ClN2O3/c1-12(24-16-10-6-14(19)7-11-16)17(22)20-15-8-4-13(5-9-15)18(23)21(2)3/h4-12H,1-3H3,(H,20,22)/t12-/m0/s1. The molecule has 0 aliphatic carbocycles. The summed E-state index contributed by atoms with van der Waals surface area (Å²) < 4.78 is 5.57. The molecule has 0 saturated carbocycles. The van der Waals surface area contributed by atoms with Gasteiger partial charge in [0, 0.05) is 30.4 Å². The number of carbonyl (C=O) groups is 2. The molecule has 24 heavy (non-hydrogen) atoms. The molecule has 0 spiro atoms. The van der Waals surface area contributed by atoms with E-state index in [2.05, 4.69) is 5.32 Å². The van der Waals surface area contributed by atoms with E-state index < -0.39 is 6.10 Å². The summed E-state index contributed by atoms with van der Waals surface area (Å²) in [5.41, 5.74) is 1.16. The minimum Gasteiger partial charge on any atom is -0.481 e. The highest BCUT2D eigenvalue weighted by Gasteiger charge is 2.15. The van der Waals surface area contributed by atoms with Crippen molar-refractivity contribution in [2.24, 2.45) is 0 Å². The van der Waals surface area contributed by atoms with Gasteiger partial charge in [-0.1, -0.05) is 11.6 Å². The third-order valence-electron chi connectivity index (χ3n) is 3.30. The van der Waals surface area contributed by atoms with E-state index in [4.69, 9.17) is 16.3 Å². The van der Waals surface area contributed by atoms with E-state index in [1.807, 2.05) is 0 Å². The molecular weight excluding hydrogens is 328 g/mol. The fraction of sp³-hybridized carbons (Fsp3) is 0.222. The maximum absolute atomic E-state index is 12.2. The maximum atomic E-state index is 12.2. The molecule has 0 unspecified atom stereocenters. The Balaban J connectivity index is 1.96. The van der Waals surface area contributed by atoms with Gasteiger partial charge in [0.25, 0.3) is 11.8 Å². The lowest BCUT2D eigenvalue weighted by atomic mass is 10.2. The zero-order valence-corrected chi connectivity index (χ0v) is 14.5. The molecule has 0 radical (unpaired) electrons. The number of hydrogen-bond acceptors (Lipinski definition) is 3. The maximum Gasteiger partial charge on any atom is 0.265 e. The lowest BCUT2D eigenvalue weighted by molar-refractivity contribution is -0.122. The second-order valence-corrected chi connectivity index (χ2v) is 5.92. The molecule has 0 aliphatic heterocycles. The summed E-state index contributed by atoms with van der Waals surface area (Å²) in [6.07, 6.45) is -0.672. The molecule has 0 aliphatic rings. The first-order chi connectivity index (χ1) is 11.4. The van der Waals surface area contributed by atoms with Gasteiger partial charge in [-0.05, 0) is 55.5 Å². The molecule has 0 fully saturated rings. The normalized spacial score (nSPS) is 11.5. The van der Waals surface area contributed by atoms with E-state index in [1.54, 1.807) is 69.6 Å². The molecule has 126 valence electrons. The van der Waals surface area contributed by atoms with Crippen LogP contribution in [0.3, 0.4) is 0 Å².